The van der Waals surface area contributed by atoms with Crippen molar-refractivity contribution in [2.75, 3.05) is 11.9 Å². The molecule has 0 atom stereocenters. The van der Waals surface area contributed by atoms with Crippen molar-refractivity contribution in [1.29, 1.82) is 0 Å². The van der Waals surface area contributed by atoms with Crippen molar-refractivity contribution in [3.8, 4) is 0 Å². The summed E-state index contributed by atoms with van der Waals surface area (Å²) in [5.41, 5.74) is 1.44. The lowest BCUT2D eigenvalue weighted by atomic mass is 10.1. The molecule has 21 heavy (non-hydrogen) atoms. The van der Waals surface area contributed by atoms with Crippen LogP contribution in [-0.2, 0) is 12.8 Å². The molecule has 112 valence electrons. The summed E-state index contributed by atoms with van der Waals surface area (Å²) in [6.45, 7) is 4.91. The van der Waals surface area contributed by atoms with Gasteiger partial charge in [-0.05, 0) is 30.5 Å². The van der Waals surface area contributed by atoms with E-state index in [0.717, 1.165) is 37.0 Å². The molecule has 5 heteroatoms. The number of aromatic nitrogens is 2. The number of aryl methyl sites for hydroxylation is 1. The third-order valence-electron chi connectivity index (χ3n) is 3.03. The first-order valence-electron chi connectivity index (χ1n) is 7.16. The molecule has 1 aromatic heterocycles. The lowest BCUT2D eigenvalue weighted by molar-refractivity contribution is 0.580. The average Bonchev–Trinajstić information content (AvgIpc) is 2.43. The molecular formula is C16H19F2N3. The number of rotatable bonds is 6. The number of hydrogen-bond acceptors (Lipinski definition) is 3. The Labute approximate surface area is 123 Å². The van der Waals surface area contributed by atoms with E-state index in [0.29, 0.717) is 17.8 Å². The monoisotopic (exact) mass is 291 g/mol. The predicted octanol–water partition coefficient (Wildman–Crippen LogP) is 3.73. The highest BCUT2D eigenvalue weighted by Crippen LogP contribution is 2.14. The number of nitrogens with zero attached hydrogens (tertiary/aromatic N) is 2. The maximum Gasteiger partial charge on any atom is 0.135 e. The largest absolute Gasteiger partial charge is 0.370 e. The van der Waals surface area contributed by atoms with Crippen LogP contribution < -0.4 is 5.32 Å². The summed E-state index contributed by atoms with van der Waals surface area (Å²) in [5.74, 6) is 0.162. The molecule has 0 aliphatic heterocycles. The van der Waals surface area contributed by atoms with Crippen LogP contribution in [0.25, 0.3) is 0 Å². The Balaban J connectivity index is 2.25. The fourth-order valence-electron chi connectivity index (χ4n) is 2.05. The Morgan fingerprint density at radius 2 is 1.71 bits per heavy atom. The van der Waals surface area contributed by atoms with Gasteiger partial charge in [-0.15, -0.1) is 0 Å². The number of anilines is 1. The van der Waals surface area contributed by atoms with E-state index in [9.17, 15) is 8.78 Å². The van der Waals surface area contributed by atoms with Gasteiger partial charge in [0.2, 0.25) is 0 Å². The van der Waals surface area contributed by atoms with Crippen LogP contribution in [0.15, 0.2) is 24.3 Å². The zero-order chi connectivity index (χ0) is 15.2. The van der Waals surface area contributed by atoms with Crippen LogP contribution >= 0.6 is 0 Å². The van der Waals surface area contributed by atoms with Gasteiger partial charge < -0.3 is 5.32 Å². The summed E-state index contributed by atoms with van der Waals surface area (Å²) in [4.78, 5) is 8.82. The van der Waals surface area contributed by atoms with E-state index in [1.807, 2.05) is 13.0 Å². The topological polar surface area (TPSA) is 37.8 Å². The molecular weight excluding hydrogens is 272 g/mol. The Kier molecular flexibility index (Phi) is 5.20. The quantitative estimate of drug-likeness (QED) is 0.881. The van der Waals surface area contributed by atoms with E-state index in [1.54, 1.807) is 0 Å². The molecule has 1 N–H and O–H groups in total. The summed E-state index contributed by atoms with van der Waals surface area (Å²) in [5, 5.41) is 3.22. The summed E-state index contributed by atoms with van der Waals surface area (Å²) < 4.78 is 26.5. The fraction of sp³-hybridized carbons (Fsp3) is 0.375. The molecule has 3 nitrogen and oxygen atoms in total. The second-order valence-corrected chi connectivity index (χ2v) is 4.90. The van der Waals surface area contributed by atoms with Gasteiger partial charge in [-0.1, -0.05) is 13.8 Å². The van der Waals surface area contributed by atoms with Crippen molar-refractivity contribution in [3.05, 3.63) is 53.0 Å². The van der Waals surface area contributed by atoms with Gasteiger partial charge in [0.05, 0.1) is 0 Å². The summed E-state index contributed by atoms with van der Waals surface area (Å²) in [7, 11) is 0. The van der Waals surface area contributed by atoms with Crippen LogP contribution in [0.1, 0.15) is 37.4 Å². The van der Waals surface area contributed by atoms with E-state index in [-0.39, 0.29) is 0 Å². The molecule has 0 saturated heterocycles. The fourth-order valence-corrected chi connectivity index (χ4v) is 2.05. The molecule has 0 spiro atoms. The molecule has 0 unspecified atom stereocenters. The lowest BCUT2D eigenvalue weighted by Gasteiger charge is -2.09. The van der Waals surface area contributed by atoms with Crippen molar-refractivity contribution in [2.24, 2.45) is 0 Å². The highest BCUT2D eigenvalue weighted by Gasteiger charge is 2.07. The van der Waals surface area contributed by atoms with Gasteiger partial charge in [0.15, 0.2) is 0 Å². The molecule has 0 fully saturated rings. The Hall–Kier alpha value is -2.04. The second kappa shape index (κ2) is 7.11. The van der Waals surface area contributed by atoms with Crippen molar-refractivity contribution < 1.29 is 8.78 Å². The summed E-state index contributed by atoms with van der Waals surface area (Å²) >= 11 is 0. The second-order valence-electron chi connectivity index (χ2n) is 4.90. The van der Waals surface area contributed by atoms with Crippen LogP contribution in [0.2, 0.25) is 0 Å². The van der Waals surface area contributed by atoms with Crippen LogP contribution in [0, 0.1) is 11.6 Å². The molecule has 0 aliphatic carbocycles. The van der Waals surface area contributed by atoms with Gasteiger partial charge in [0, 0.05) is 30.8 Å². The van der Waals surface area contributed by atoms with Gasteiger partial charge >= 0.3 is 0 Å². The highest BCUT2D eigenvalue weighted by molar-refractivity contribution is 5.37. The third kappa shape index (κ3) is 4.48. The SMILES string of the molecule is CCCNc1cc(CC)nc(Cc2cc(F)cc(F)c2)n1. The molecule has 0 radical (unpaired) electrons. The van der Waals surface area contributed by atoms with E-state index >= 15 is 0 Å². The predicted molar refractivity (Wildman–Crippen MR) is 79.4 cm³/mol. The molecule has 0 aliphatic rings. The number of halogens is 2. The van der Waals surface area contributed by atoms with Crippen LogP contribution in [0.3, 0.4) is 0 Å². The Bertz CT molecular complexity index is 594. The first-order valence-corrected chi connectivity index (χ1v) is 7.16. The number of nitrogens with one attached hydrogen (secondary N) is 1. The Morgan fingerprint density at radius 1 is 1.00 bits per heavy atom. The lowest BCUT2D eigenvalue weighted by Crippen LogP contribution is -2.07. The number of benzene rings is 1. The molecule has 1 heterocycles. The van der Waals surface area contributed by atoms with Crippen molar-refractivity contribution in [1.82, 2.24) is 9.97 Å². The molecule has 2 rings (SSSR count). The van der Waals surface area contributed by atoms with E-state index in [2.05, 4.69) is 22.2 Å². The number of hydrogen-bond donors (Lipinski definition) is 1. The van der Waals surface area contributed by atoms with Crippen LogP contribution in [0.5, 0.6) is 0 Å². The summed E-state index contributed by atoms with van der Waals surface area (Å²) in [6, 6.07) is 5.39. The maximum atomic E-state index is 13.2. The average molecular weight is 291 g/mol. The molecule has 1 aromatic carbocycles. The minimum atomic E-state index is -0.582. The van der Waals surface area contributed by atoms with Gasteiger partial charge in [-0.25, -0.2) is 18.7 Å². The Morgan fingerprint density at radius 3 is 2.33 bits per heavy atom. The van der Waals surface area contributed by atoms with Crippen molar-refractivity contribution >= 4 is 5.82 Å². The van der Waals surface area contributed by atoms with Gasteiger partial charge in [-0.3, -0.25) is 0 Å². The maximum absolute atomic E-state index is 13.2. The third-order valence-corrected chi connectivity index (χ3v) is 3.03. The molecule has 2 aromatic rings. The van der Waals surface area contributed by atoms with E-state index in [4.69, 9.17) is 0 Å². The van der Waals surface area contributed by atoms with Gasteiger partial charge in [-0.2, -0.15) is 0 Å². The van der Waals surface area contributed by atoms with Crippen molar-refractivity contribution in [2.45, 2.75) is 33.1 Å². The van der Waals surface area contributed by atoms with Gasteiger partial charge in [0.25, 0.3) is 0 Å². The smallest absolute Gasteiger partial charge is 0.135 e. The van der Waals surface area contributed by atoms with Crippen molar-refractivity contribution in [3.63, 3.8) is 0 Å². The summed E-state index contributed by atoms with van der Waals surface area (Å²) in [6.07, 6.45) is 2.09. The normalized spacial score (nSPS) is 10.7. The first kappa shape index (κ1) is 15.4. The van der Waals surface area contributed by atoms with Crippen LogP contribution in [-0.4, -0.2) is 16.5 Å². The minimum Gasteiger partial charge on any atom is -0.370 e. The van der Waals surface area contributed by atoms with Crippen LogP contribution in [0.4, 0.5) is 14.6 Å². The zero-order valence-electron chi connectivity index (χ0n) is 12.3. The highest BCUT2D eigenvalue weighted by atomic mass is 19.1. The van der Waals surface area contributed by atoms with E-state index in [1.165, 1.54) is 12.1 Å². The minimum absolute atomic E-state index is 0.309. The molecule has 0 saturated carbocycles. The first-order chi connectivity index (χ1) is 10.1. The molecule has 0 amide bonds. The zero-order valence-corrected chi connectivity index (χ0v) is 12.3. The van der Waals surface area contributed by atoms with Gasteiger partial charge in [0.1, 0.15) is 23.3 Å². The van der Waals surface area contributed by atoms with E-state index < -0.39 is 11.6 Å². The molecule has 0 bridgehead atoms. The standard InChI is InChI=1S/C16H19F2N3/c1-3-5-19-15-10-14(4-2)20-16(21-15)8-11-6-12(17)9-13(18)7-11/h6-7,9-10H,3-5,8H2,1-2H3,(H,19,20,21).